The van der Waals surface area contributed by atoms with Crippen molar-refractivity contribution in [2.45, 2.75) is 25.8 Å². The highest BCUT2D eigenvalue weighted by molar-refractivity contribution is 5.96. The van der Waals surface area contributed by atoms with E-state index in [0.717, 1.165) is 16.8 Å². The summed E-state index contributed by atoms with van der Waals surface area (Å²) in [6.07, 6.45) is 0.633. The van der Waals surface area contributed by atoms with E-state index in [1.165, 1.54) is 0 Å². The molecule has 130 valence electrons. The monoisotopic (exact) mass is 346 g/mol. The van der Waals surface area contributed by atoms with Crippen LogP contribution >= 0.6 is 0 Å². The summed E-state index contributed by atoms with van der Waals surface area (Å²) in [6, 6.07) is 15.1. The first-order valence-electron chi connectivity index (χ1n) is 8.64. The second kappa shape index (κ2) is 6.52. The van der Waals surface area contributed by atoms with Gasteiger partial charge in [0.05, 0.1) is 35.2 Å². The van der Waals surface area contributed by atoms with E-state index < -0.39 is 0 Å². The summed E-state index contributed by atoms with van der Waals surface area (Å²) in [4.78, 5) is 17.5. The van der Waals surface area contributed by atoms with E-state index in [9.17, 15) is 4.79 Å². The molecule has 0 aliphatic carbocycles. The first-order valence-corrected chi connectivity index (χ1v) is 8.64. The molecule has 0 saturated carbocycles. The molecule has 0 bridgehead atoms. The summed E-state index contributed by atoms with van der Waals surface area (Å²) in [6.45, 7) is 3.19. The van der Waals surface area contributed by atoms with Gasteiger partial charge in [0.25, 0.3) is 0 Å². The summed E-state index contributed by atoms with van der Waals surface area (Å²) >= 11 is 0. The van der Waals surface area contributed by atoms with Gasteiger partial charge in [0.1, 0.15) is 5.75 Å². The van der Waals surface area contributed by atoms with Crippen molar-refractivity contribution in [1.29, 1.82) is 5.26 Å². The lowest BCUT2D eigenvalue weighted by molar-refractivity contribution is -0.118. The van der Waals surface area contributed by atoms with Crippen molar-refractivity contribution in [3.05, 3.63) is 53.6 Å². The molecule has 1 amide bonds. The van der Waals surface area contributed by atoms with Gasteiger partial charge in [-0.3, -0.25) is 10.1 Å². The summed E-state index contributed by atoms with van der Waals surface area (Å²) in [5.74, 6) is 0.916. The Morgan fingerprint density at radius 3 is 3.04 bits per heavy atom. The number of benzene rings is 2. The fourth-order valence-electron chi connectivity index (χ4n) is 3.43. The van der Waals surface area contributed by atoms with Crippen LogP contribution in [0.1, 0.15) is 30.4 Å². The summed E-state index contributed by atoms with van der Waals surface area (Å²) < 4.78 is 7.59. The van der Waals surface area contributed by atoms with E-state index in [0.29, 0.717) is 36.6 Å². The molecule has 2 heterocycles. The number of carbonyl (C=O) groups is 1. The molecule has 1 N–H and O–H groups in total. The second-order valence-electron chi connectivity index (χ2n) is 6.21. The first kappa shape index (κ1) is 16.2. The number of ether oxygens (including phenoxy) is 1. The second-order valence-corrected chi connectivity index (χ2v) is 6.21. The van der Waals surface area contributed by atoms with Crippen molar-refractivity contribution >= 4 is 22.9 Å². The van der Waals surface area contributed by atoms with Gasteiger partial charge in [-0.05, 0) is 37.6 Å². The number of fused-ring (bicyclic) bond motifs is 2. The van der Waals surface area contributed by atoms with Gasteiger partial charge in [-0.2, -0.15) is 5.26 Å². The summed E-state index contributed by atoms with van der Waals surface area (Å²) in [7, 11) is 0. The zero-order valence-electron chi connectivity index (χ0n) is 14.4. The van der Waals surface area contributed by atoms with Crippen LogP contribution in [0.3, 0.4) is 0 Å². The Morgan fingerprint density at radius 1 is 1.38 bits per heavy atom. The van der Waals surface area contributed by atoms with Crippen LogP contribution in [0.5, 0.6) is 5.75 Å². The maximum absolute atomic E-state index is 12.9. The largest absolute Gasteiger partial charge is 0.493 e. The molecule has 1 atom stereocenters. The molecule has 1 aromatic heterocycles. The molecule has 6 nitrogen and oxygen atoms in total. The Bertz CT molecular complexity index is 1030. The molecule has 0 radical (unpaired) electrons. The highest BCUT2D eigenvalue weighted by Crippen LogP contribution is 2.34. The third kappa shape index (κ3) is 2.68. The number of nitrogens with zero attached hydrogens (tertiary/aromatic N) is 3. The van der Waals surface area contributed by atoms with Gasteiger partial charge in [0.15, 0.2) is 0 Å². The van der Waals surface area contributed by atoms with E-state index in [1.807, 2.05) is 41.8 Å². The van der Waals surface area contributed by atoms with Gasteiger partial charge < -0.3 is 9.30 Å². The van der Waals surface area contributed by atoms with Gasteiger partial charge in [-0.1, -0.05) is 18.2 Å². The smallest absolute Gasteiger partial charge is 0.234 e. The molecule has 3 aromatic rings. The molecule has 2 aromatic carbocycles. The Balaban J connectivity index is 1.67. The van der Waals surface area contributed by atoms with E-state index in [4.69, 9.17) is 10.00 Å². The molecule has 1 aliphatic heterocycles. The van der Waals surface area contributed by atoms with Crippen molar-refractivity contribution in [3.8, 4) is 11.8 Å². The van der Waals surface area contributed by atoms with Crippen molar-refractivity contribution < 1.29 is 9.53 Å². The molecule has 6 heteroatoms. The Hall–Kier alpha value is -3.33. The van der Waals surface area contributed by atoms with Crippen LogP contribution < -0.4 is 10.1 Å². The van der Waals surface area contributed by atoms with Gasteiger partial charge in [0, 0.05) is 12.1 Å². The Kier molecular flexibility index (Phi) is 4.05. The molecule has 0 fully saturated rings. The number of amides is 1. The van der Waals surface area contributed by atoms with E-state index in [2.05, 4.69) is 16.4 Å². The van der Waals surface area contributed by atoms with Crippen LogP contribution in [0, 0.1) is 11.3 Å². The van der Waals surface area contributed by atoms with Crippen molar-refractivity contribution in [3.63, 3.8) is 0 Å². The number of anilines is 1. The number of carbonyl (C=O) groups excluding carboxylic acids is 1. The third-order valence-electron chi connectivity index (χ3n) is 4.70. The minimum atomic E-state index is -0.264. The Morgan fingerprint density at radius 2 is 2.23 bits per heavy atom. The predicted octanol–water partition coefficient (Wildman–Crippen LogP) is 3.43. The fourth-order valence-corrected chi connectivity index (χ4v) is 3.43. The zero-order valence-corrected chi connectivity index (χ0v) is 14.4. The van der Waals surface area contributed by atoms with Gasteiger partial charge in [-0.15, -0.1) is 0 Å². The standard InChI is InChI=1S/C20H18N4O2/c1-2-24-17-8-7-13(12-21)11-16(17)22-20(24)23-19(25)15-9-10-26-18-6-4-3-5-14(15)18/h3-8,11,15H,2,9-10H2,1H3,(H,22,23,25)/t15-/m0/s1. The highest BCUT2D eigenvalue weighted by Gasteiger charge is 2.28. The van der Waals surface area contributed by atoms with Gasteiger partial charge in [0.2, 0.25) is 11.9 Å². The normalized spacial score (nSPS) is 15.8. The molecule has 0 saturated heterocycles. The Labute approximate surface area is 151 Å². The van der Waals surface area contributed by atoms with Crippen molar-refractivity contribution in [2.75, 3.05) is 11.9 Å². The summed E-state index contributed by atoms with van der Waals surface area (Å²) in [5, 5.41) is 12.0. The van der Waals surface area contributed by atoms with Crippen molar-refractivity contribution in [2.24, 2.45) is 0 Å². The van der Waals surface area contributed by atoms with E-state index >= 15 is 0 Å². The molecular weight excluding hydrogens is 328 g/mol. The first-order chi connectivity index (χ1) is 12.7. The lowest BCUT2D eigenvalue weighted by Gasteiger charge is -2.24. The van der Waals surface area contributed by atoms with Gasteiger partial charge >= 0.3 is 0 Å². The average Bonchev–Trinajstić information content (AvgIpc) is 3.03. The lowest BCUT2D eigenvalue weighted by Crippen LogP contribution is -2.27. The number of rotatable bonds is 3. The maximum atomic E-state index is 12.9. The fraction of sp³-hybridized carbons (Fsp3) is 0.250. The lowest BCUT2D eigenvalue weighted by atomic mass is 9.92. The van der Waals surface area contributed by atoms with Crippen LogP contribution in [0.15, 0.2) is 42.5 Å². The zero-order chi connectivity index (χ0) is 18.1. The maximum Gasteiger partial charge on any atom is 0.234 e. The van der Waals surface area contributed by atoms with Crippen LogP contribution in [0.25, 0.3) is 11.0 Å². The number of aryl methyl sites for hydroxylation is 1. The number of nitrogens with one attached hydrogen (secondary N) is 1. The quantitative estimate of drug-likeness (QED) is 0.788. The molecule has 4 rings (SSSR count). The number of imidazole rings is 1. The number of hydrogen-bond donors (Lipinski definition) is 1. The predicted molar refractivity (Wildman–Crippen MR) is 98.0 cm³/mol. The van der Waals surface area contributed by atoms with Crippen LogP contribution in [0.4, 0.5) is 5.95 Å². The number of nitriles is 1. The van der Waals surface area contributed by atoms with Crippen LogP contribution in [-0.2, 0) is 11.3 Å². The summed E-state index contributed by atoms with van der Waals surface area (Å²) in [5.41, 5.74) is 3.06. The number of hydrogen-bond acceptors (Lipinski definition) is 4. The molecule has 26 heavy (non-hydrogen) atoms. The third-order valence-corrected chi connectivity index (χ3v) is 4.70. The number of aromatic nitrogens is 2. The number of para-hydroxylation sites is 1. The van der Waals surface area contributed by atoms with Crippen LogP contribution in [0.2, 0.25) is 0 Å². The van der Waals surface area contributed by atoms with E-state index in [-0.39, 0.29) is 11.8 Å². The minimum absolute atomic E-state index is 0.0914. The van der Waals surface area contributed by atoms with Gasteiger partial charge in [-0.25, -0.2) is 4.98 Å². The molecule has 0 spiro atoms. The van der Waals surface area contributed by atoms with Crippen LogP contribution in [-0.4, -0.2) is 22.1 Å². The average molecular weight is 346 g/mol. The molecule has 0 unspecified atom stereocenters. The highest BCUT2D eigenvalue weighted by atomic mass is 16.5. The van der Waals surface area contributed by atoms with E-state index in [1.54, 1.807) is 12.1 Å². The molecular formula is C20H18N4O2. The SMILES string of the molecule is CCn1c(NC(=O)[C@H]2CCOc3ccccc32)nc2cc(C#N)ccc21. The molecule has 1 aliphatic rings. The minimum Gasteiger partial charge on any atom is -0.493 e. The topological polar surface area (TPSA) is 79.9 Å². The van der Waals surface area contributed by atoms with Crippen molar-refractivity contribution in [1.82, 2.24) is 9.55 Å².